The molecule has 18 heavy (non-hydrogen) atoms. The van der Waals surface area contributed by atoms with E-state index in [1.807, 2.05) is 0 Å². The summed E-state index contributed by atoms with van der Waals surface area (Å²) in [5.41, 5.74) is 0. The van der Waals surface area contributed by atoms with Gasteiger partial charge in [0.15, 0.2) is 0 Å². The number of likely N-dealkylation sites (tertiary alicyclic amines) is 1. The van der Waals surface area contributed by atoms with Gasteiger partial charge in [-0.25, -0.2) is 0 Å². The predicted octanol–water partition coefficient (Wildman–Crippen LogP) is -0.181. The lowest BCUT2D eigenvalue weighted by Crippen LogP contribution is -2.40. The van der Waals surface area contributed by atoms with E-state index in [0.29, 0.717) is 13.2 Å². The molecule has 2 fully saturated rings. The van der Waals surface area contributed by atoms with Crippen LogP contribution in [0.1, 0.15) is 32.6 Å². The SMILES string of the molecule is CCOC(=O)CCNC1CC(=O)N(C2CC2)C1=O. The minimum atomic E-state index is -0.465. The second-order valence-electron chi connectivity index (χ2n) is 4.60. The molecule has 6 heteroatoms. The molecule has 0 radical (unpaired) electrons. The average molecular weight is 254 g/mol. The van der Waals surface area contributed by atoms with Crippen molar-refractivity contribution in [2.75, 3.05) is 13.2 Å². The zero-order valence-corrected chi connectivity index (χ0v) is 10.5. The van der Waals surface area contributed by atoms with Crippen LogP contribution < -0.4 is 5.32 Å². The number of rotatable bonds is 6. The minimum Gasteiger partial charge on any atom is -0.466 e. The highest BCUT2D eigenvalue weighted by Gasteiger charge is 2.45. The smallest absolute Gasteiger partial charge is 0.307 e. The first kappa shape index (κ1) is 13.0. The fraction of sp³-hybridized carbons (Fsp3) is 0.750. The lowest BCUT2D eigenvalue weighted by molar-refractivity contribution is -0.143. The van der Waals surface area contributed by atoms with Gasteiger partial charge in [-0.15, -0.1) is 0 Å². The molecule has 0 spiro atoms. The molecule has 1 aliphatic heterocycles. The molecule has 0 bridgehead atoms. The number of carbonyl (C=O) groups is 3. The van der Waals surface area contributed by atoms with E-state index in [2.05, 4.69) is 5.32 Å². The van der Waals surface area contributed by atoms with E-state index < -0.39 is 6.04 Å². The Balaban J connectivity index is 1.75. The van der Waals surface area contributed by atoms with E-state index in [9.17, 15) is 14.4 Å². The van der Waals surface area contributed by atoms with Gasteiger partial charge < -0.3 is 10.1 Å². The maximum absolute atomic E-state index is 11.9. The first-order valence-corrected chi connectivity index (χ1v) is 6.38. The Labute approximate surface area is 106 Å². The Bertz CT molecular complexity index is 365. The van der Waals surface area contributed by atoms with Crippen molar-refractivity contribution in [1.29, 1.82) is 0 Å². The highest BCUT2D eigenvalue weighted by atomic mass is 16.5. The second-order valence-corrected chi connectivity index (χ2v) is 4.60. The average Bonchev–Trinajstić information content (AvgIpc) is 3.08. The predicted molar refractivity (Wildman–Crippen MR) is 62.5 cm³/mol. The van der Waals surface area contributed by atoms with Crippen LogP contribution in [0, 0.1) is 0 Å². The number of ether oxygens (including phenoxy) is 1. The standard InChI is InChI=1S/C12H18N2O4/c1-2-18-11(16)5-6-13-9-7-10(15)14(12(9)17)8-3-4-8/h8-9,13H,2-7H2,1H3. The van der Waals surface area contributed by atoms with Gasteiger partial charge in [0.1, 0.15) is 0 Å². The summed E-state index contributed by atoms with van der Waals surface area (Å²) >= 11 is 0. The molecule has 0 aromatic carbocycles. The molecule has 1 unspecified atom stereocenters. The van der Waals surface area contributed by atoms with Crippen LogP contribution in [0.3, 0.4) is 0 Å². The number of nitrogens with zero attached hydrogens (tertiary/aromatic N) is 1. The molecule has 1 N–H and O–H groups in total. The molecule has 1 atom stereocenters. The molecule has 1 saturated carbocycles. The van der Waals surface area contributed by atoms with E-state index in [-0.39, 0.29) is 36.7 Å². The summed E-state index contributed by atoms with van der Waals surface area (Å²) in [6.45, 7) is 2.47. The number of carbonyl (C=O) groups excluding carboxylic acids is 3. The van der Waals surface area contributed by atoms with Gasteiger partial charge in [-0.3, -0.25) is 19.3 Å². The number of imide groups is 1. The van der Waals surface area contributed by atoms with Gasteiger partial charge in [0.05, 0.1) is 25.5 Å². The van der Waals surface area contributed by atoms with Crippen molar-refractivity contribution >= 4 is 17.8 Å². The Kier molecular flexibility index (Phi) is 3.96. The number of nitrogens with one attached hydrogen (secondary N) is 1. The van der Waals surface area contributed by atoms with Gasteiger partial charge in [-0.2, -0.15) is 0 Å². The third-order valence-corrected chi connectivity index (χ3v) is 3.12. The molecule has 0 aromatic rings. The molecule has 2 aliphatic rings. The summed E-state index contributed by atoms with van der Waals surface area (Å²) in [6, 6.07) is -0.339. The van der Waals surface area contributed by atoms with E-state index in [1.54, 1.807) is 6.92 Å². The topological polar surface area (TPSA) is 75.7 Å². The molecule has 0 aromatic heterocycles. The van der Waals surface area contributed by atoms with Crippen LogP contribution in [-0.4, -0.2) is 47.9 Å². The van der Waals surface area contributed by atoms with Crippen LogP contribution in [0.25, 0.3) is 0 Å². The molecule has 1 aliphatic carbocycles. The van der Waals surface area contributed by atoms with E-state index >= 15 is 0 Å². The lowest BCUT2D eigenvalue weighted by atomic mass is 10.2. The van der Waals surface area contributed by atoms with Crippen molar-refractivity contribution in [3.05, 3.63) is 0 Å². The fourth-order valence-electron chi connectivity index (χ4n) is 2.11. The summed E-state index contributed by atoms with van der Waals surface area (Å²) in [5, 5.41) is 2.95. The third kappa shape index (κ3) is 2.87. The Hall–Kier alpha value is -1.43. The Morgan fingerprint density at radius 2 is 2.17 bits per heavy atom. The summed E-state index contributed by atoms with van der Waals surface area (Å²) in [7, 11) is 0. The van der Waals surface area contributed by atoms with E-state index in [4.69, 9.17) is 4.74 Å². The lowest BCUT2D eigenvalue weighted by Gasteiger charge is -2.14. The first-order valence-electron chi connectivity index (χ1n) is 6.38. The van der Waals surface area contributed by atoms with Crippen molar-refractivity contribution in [2.24, 2.45) is 0 Å². The van der Waals surface area contributed by atoms with Crippen LogP contribution in [-0.2, 0) is 19.1 Å². The van der Waals surface area contributed by atoms with Crippen LogP contribution in [0.5, 0.6) is 0 Å². The van der Waals surface area contributed by atoms with Crippen LogP contribution >= 0.6 is 0 Å². The maximum Gasteiger partial charge on any atom is 0.307 e. The van der Waals surface area contributed by atoms with Crippen LogP contribution in [0.4, 0.5) is 0 Å². The fourth-order valence-corrected chi connectivity index (χ4v) is 2.11. The zero-order valence-electron chi connectivity index (χ0n) is 10.5. The summed E-state index contributed by atoms with van der Waals surface area (Å²) in [6.07, 6.45) is 2.27. The van der Waals surface area contributed by atoms with Gasteiger partial charge in [0.25, 0.3) is 0 Å². The molecule has 2 amide bonds. The quantitative estimate of drug-likeness (QED) is 0.525. The van der Waals surface area contributed by atoms with Crippen molar-refractivity contribution in [2.45, 2.75) is 44.7 Å². The Morgan fingerprint density at radius 1 is 1.44 bits per heavy atom. The minimum absolute atomic E-state index is 0.101. The molecule has 100 valence electrons. The molecule has 1 saturated heterocycles. The summed E-state index contributed by atoms with van der Waals surface area (Å²) in [4.78, 5) is 36.1. The molecule has 1 heterocycles. The van der Waals surface area contributed by atoms with Crippen molar-refractivity contribution in [3.63, 3.8) is 0 Å². The molecular weight excluding hydrogens is 236 g/mol. The maximum atomic E-state index is 11.9. The molecule has 2 rings (SSSR count). The monoisotopic (exact) mass is 254 g/mol. The normalized spacial score (nSPS) is 23.6. The van der Waals surface area contributed by atoms with Crippen molar-refractivity contribution in [1.82, 2.24) is 10.2 Å². The van der Waals surface area contributed by atoms with Crippen LogP contribution in [0.15, 0.2) is 0 Å². The second kappa shape index (κ2) is 5.48. The zero-order chi connectivity index (χ0) is 13.1. The number of esters is 1. The summed E-state index contributed by atoms with van der Waals surface area (Å²) in [5.74, 6) is -0.539. The third-order valence-electron chi connectivity index (χ3n) is 3.12. The highest BCUT2D eigenvalue weighted by Crippen LogP contribution is 2.31. The molecular formula is C12H18N2O4. The molecule has 6 nitrogen and oxygen atoms in total. The number of hydrogen-bond donors (Lipinski definition) is 1. The van der Waals surface area contributed by atoms with Gasteiger partial charge in [0.2, 0.25) is 11.8 Å². The van der Waals surface area contributed by atoms with Gasteiger partial charge in [0, 0.05) is 12.6 Å². The van der Waals surface area contributed by atoms with Crippen molar-refractivity contribution in [3.8, 4) is 0 Å². The first-order chi connectivity index (χ1) is 8.63. The Morgan fingerprint density at radius 3 is 2.78 bits per heavy atom. The highest BCUT2D eigenvalue weighted by molar-refractivity contribution is 6.06. The van der Waals surface area contributed by atoms with E-state index in [1.165, 1.54) is 4.90 Å². The van der Waals surface area contributed by atoms with Gasteiger partial charge >= 0.3 is 5.97 Å². The number of amides is 2. The summed E-state index contributed by atoms with van der Waals surface area (Å²) < 4.78 is 4.78. The van der Waals surface area contributed by atoms with Crippen LogP contribution in [0.2, 0.25) is 0 Å². The van der Waals surface area contributed by atoms with Gasteiger partial charge in [-0.05, 0) is 19.8 Å². The van der Waals surface area contributed by atoms with Gasteiger partial charge in [-0.1, -0.05) is 0 Å². The largest absolute Gasteiger partial charge is 0.466 e. The van der Waals surface area contributed by atoms with E-state index in [0.717, 1.165) is 12.8 Å². The number of hydrogen-bond acceptors (Lipinski definition) is 5. The van der Waals surface area contributed by atoms with Crippen molar-refractivity contribution < 1.29 is 19.1 Å².